The topological polar surface area (TPSA) is 67.4 Å². The van der Waals surface area contributed by atoms with Crippen LogP contribution in [-0.4, -0.2) is 53.6 Å². The first kappa shape index (κ1) is 15.8. The van der Waals surface area contributed by atoms with Crippen LogP contribution in [0.25, 0.3) is 11.0 Å². The highest BCUT2D eigenvalue weighted by molar-refractivity contribution is 5.78. The number of aromatic nitrogens is 2. The van der Waals surface area contributed by atoms with E-state index in [2.05, 4.69) is 15.3 Å². The van der Waals surface area contributed by atoms with E-state index in [1.165, 1.54) is 0 Å². The molecule has 0 spiro atoms. The molecule has 0 bridgehead atoms. The Balaban J connectivity index is 1.49. The van der Waals surface area contributed by atoms with Gasteiger partial charge in [-0.3, -0.25) is 14.7 Å². The summed E-state index contributed by atoms with van der Waals surface area (Å²) in [7, 11) is 1.91. The minimum Gasteiger partial charge on any atom is -0.376 e. The van der Waals surface area contributed by atoms with Crippen molar-refractivity contribution in [2.75, 3.05) is 26.7 Å². The van der Waals surface area contributed by atoms with Crippen LogP contribution in [0.5, 0.6) is 0 Å². The molecule has 0 radical (unpaired) electrons. The largest absolute Gasteiger partial charge is 0.376 e. The molecule has 3 rings (SSSR count). The second-order valence-electron chi connectivity index (χ2n) is 5.96. The smallest absolute Gasteiger partial charge is 0.234 e. The Hall–Kier alpha value is -2.05. The summed E-state index contributed by atoms with van der Waals surface area (Å²) in [6.07, 6.45) is 4.06. The second kappa shape index (κ2) is 7.48. The van der Waals surface area contributed by atoms with Gasteiger partial charge in [0.1, 0.15) is 0 Å². The average Bonchev–Trinajstić information content (AvgIpc) is 3.06. The Morgan fingerprint density at radius 1 is 1.39 bits per heavy atom. The zero-order valence-corrected chi connectivity index (χ0v) is 13.4. The van der Waals surface area contributed by atoms with Gasteiger partial charge in [0.05, 0.1) is 35.6 Å². The van der Waals surface area contributed by atoms with Gasteiger partial charge in [-0.05, 0) is 32.0 Å². The van der Waals surface area contributed by atoms with Crippen LogP contribution >= 0.6 is 0 Å². The SMILES string of the molecule is CN(CC(=O)NC[C@H]1CCCO1)Cc1cnc2ccccc2n1. The number of amides is 1. The highest BCUT2D eigenvalue weighted by Crippen LogP contribution is 2.11. The standard InChI is InChI=1S/C17H22N4O2/c1-21(12-17(22)19-10-14-5-4-8-23-14)11-13-9-18-15-6-2-3-7-16(15)20-13/h2-3,6-7,9,14H,4-5,8,10-12H2,1H3,(H,19,22)/t14-/m1/s1. The van der Waals surface area contributed by atoms with Gasteiger partial charge in [0, 0.05) is 19.7 Å². The average molecular weight is 314 g/mol. The number of hydrogen-bond acceptors (Lipinski definition) is 5. The molecule has 1 N–H and O–H groups in total. The van der Waals surface area contributed by atoms with Crippen LogP contribution in [-0.2, 0) is 16.1 Å². The maximum atomic E-state index is 12.0. The van der Waals surface area contributed by atoms with Crippen molar-refractivity contribution in [1.29, 1.82) is 0 Å². The fourth-order valence-electron chi connectivity index (χ4n) is 2.74. The number of fused-ring (bicyclic) bond motifs is 1. The van der Waals surface area contributed by atoms with Crippen LogP contribution in [0.3, 0.4) is 0 Å². The van der Waals surface area contributed by atoms with Crippen LogP contribution in [0.2, 0.25) is 0 Å². The second-order valence-corrected chi connectivity index (χ2v) is 5.96. The molecule has 1 amide bonds. The Kier molecular flexibility index (Phi) is 5.15. The molecular formula is C17H22N4O2. The number of likely N-dealkylation sites (N-methyl/N-ethyl adjacent to an activating group) is 1. The molecule has 1 fully saturated rings. The third-order valence-electron chi connectivity index (χ3n) is 3.89. The molecule has 0 unspecified atom stereocenters. The van der Waals surface area contributed by atoms with Gasteiger partial charge in [0.25, 0.3) is 0 Å². The molecular weight excluding hydrogens is 292 g/mol. The number of nitrogens with one attached hydrogen (secondary N) is 1. The molecule has 0 saturated carbocycles. The summed E-state index contributed by atoms with van der Waals surface area (Å²) in [5.74, 6) is 0.0109. The van der Waals surface area contributed by atoms with Crippen LogP contribution in [0.1, 0.15) is 18.5 Å². The van der Waals surface area contributed by atoms with Crippen LogP contribution in [0.15, 0.2) is 30.5 Å². The monoisotopic (exact) mass is 314 g/mol. The van der Waals surface area contributed by atoms with Crippen LogP contribution < -0.4 is 5.32 Å². The van der Waals surface area contributed by atoms with E-state index in [4.69, 9.17) is 4.74 Å². The van der Waals surface area contributed by atoms with E-state index < -0.39 is 0 Å². The number of carbonyl (C=O) groups is 1. The lowest BCUT2D eigenvalue weighted by Gasteiger charge is -2.17. The number of hydrogen-bond donors (Lipinski definition) is 1. The van der Waals surface area contributed by atoms with Crippen LogP contribution in [0, 0.1) is 0 Å². The fraction of sp³-hybridized carbons (Fsp3) is 0.471. The Morgan fingerprint density at radius 2 is 2.22 bits per heavy atom. The molecule has 1 aliphatic rings. The number of nitrogens with zero attached hydrogens (tertiary/aromatic N) is 3. The molecule has 6 heteroatoms. The highest BCUT2D eigenvalue weighted by Gasteiger charge is 2.16. The third kappa shape index (κ3) is 4.46. The van der Waals surface area contributed by atoms with Gasteiger partial charge in [-0.15, -0.1) is 0 Å². The van der Waals surface area contributed by atoms with Gasteiger partial charge >= 0.3 is 0 Å². The summed E-state index contributed by atoms with van der Waals surface area (Å²) < 4.78 is 5.50. The molecule has 1 aromatic heterocycles. The first-order valence-corrected chi connectivity index (χ1v) is 7.98. The Bertz CT molecular complexity index is 670. The van der Waals surface area contributed by atoms with Crippen molar-refractivity contribution in [2.45, 2.75) is 25.5 Å². The molecule has 1 aliphatic heterocycles. The first-order chi connectivity index (χ1) is 11.2. The Morgan fingerprint density at radius 3 is 3.00 bits per heavy atom. The number of para-hydroxylation sites is 2. The predicted octanol–water partition coefficient (Wildman–Crippen LogP) is 1.36. The molecule has 122 valence electrons. The Labute approximate surface area is 135 Å². The van der Waals surface area contributed by atoms with Crippen molar-refractivity contribution in [1.82, 2.24) is 20.2 Å². The van der Waals surface area contributed by atoms with E-state index in [1.54, 1.807) is 6.20 Å². The summed E-state index contributed by atoms with van der Waals surface area (Å²) in [5, 5.41) is 2.93. The zero-order valence-electron chi connectivity index (χ0n) is 13.4. The van der Waals surface area contributed by atoms with E-state index in [9.17, 15) is 4.79 Å². The number of benzene rings is 1. The van der Waals surface area contributed by atoms with E-state index >= 15 is 0 Å². The number of ether oxygens (including phenoxy) is 1. The molecule has 6 nitrogen and oxygen atoms in total. The summed E-state index contributed by atoms with van der Waals surface area (Å²) in [6.45, 7) is 2.33. The van der Waals surface area contributed by atoms with Crippen molar-refractivity contribution in [2.24, 2.45) is 0 Å². The molecule has 1 aromatic carbocycles. The highest BCUT2D eigenvalue weighted by atomic mass is 16.5. The fourth-order valence-corrected chi connectivity index (χ4v) is 2.74. The lowest BCUT2D eigenvalue weighted by molar-refractivity contribution is -0.122. The summed E-state index contributed by atoms with van der Waals surface area (Å²) in [4.78, 5) is 22.9. The minimum atomic E-state index is 0.0109. The number of rotatable bonds is 6. The quantitative estimate of drug-likeness (QED) is 0.872. The van der Waals surface area contributed by atoms with E-state index in [0.717, 1.165) is 36.2 Å². The van der Waals surface area contributed by atoms with Crippen LogP contribution in [0.4, 0.5) is 0 Å². The van der Waals surface area contributed by atoms with E-state index in [0.29, 0.717) is 19.6 Å². The van der Waals surface area contributed by atoms with Crippen molar-refractivity contribution in [3.05, 3.63) is 36.2 Å². The normalized spacial score (nSPS) is 17.7. The van der Waals surface area contributed by atoms with Crippen molar-refractivity contribution in [3.8, 4) is 0 Å². The minimum absolute atomic E-state index is 0.0109. The summed E-state index contributed by atoms with van der Waals surface area (Å²) in [6, 6.07) is 7.78. The maximum Gasteiger partial charge on any atom is 0.234 e. The maximum absolute atomic E-state index is 12.0. The molecule has 2 heterocycles. The third-order valence-corrected chi connectivity index (χ3v) is 3.89. The first-order valence-electron chi connectivity index (χ1n) is 7.98. The lowest BCUT2D eigenvalue weighted by atomic mass is 10.2. The van der Waals surface area contributed by atoms with Crippen molar-refractivity contribution >= 4 is 16.9 Å². The molecule has 1 atom stereocenters. The molecule has 1 saturated heterocycles. The van der Waals surface area contributed by atoms with Gasteiger partial charge in [0.15, 0.2) is 0 Å². The van der Waals surface area contributed by atoms with Gasteiger partial charge in [-0.2, -0.15) is 0 Å². The summed E-state index contributed by atoms with van der Waals surface area (Å²) in [5.41, 5.74) is 2.62. The van der Waals surface area contributed by atoms with E-state index in [-0.39, 0.29) is 12.0 Å². The van der Waals surface area contributed by atoms with Crippen molar-refractivity contribution in [3.63, 3.8) is 0 Å². The zero-order chi connectivity index (χ0) is 16.1. The predicted molar refractivity (Wildman–Crippen MR) is 87.9 cm³/mol. The summed E-state index contributed by atoms with van der Waals surface area (Å²) >= 11 is 0. The molecule has 0 aliphatic carbocycles. The van der Waals surface area contributed by atoms with E-state index in [1.807, 2.05) is 36.2 Å². The van der Waals surface area contributed by atoms with Gasteiger partial charge in [-0.1, -0.05) is 12.1 Å². The van der Waals surface area contributed by atoms with Gasteiger partial charge < -0.3 is 10.1 Å². The number of carbonyl (C=O) groups excluding carboxylic acids is 1. The van der Waals surface area contributed by atoms with Gasteiger partial charge in [-0.25, -0.2) is 4.98 Å². The van der Waals surface area contributed by atoms with Gasteiger partial charge in [0.2, 0.25) is 5.91 Å². The molecule has 23 heavy (non-hydrogen) atoms. The lowest BCUT2D eigenvalue weighted by Crippen LogP contribution is -2.38. The molecule has 2 aromatic rings. The van der Waals surface area contributed by atoms with Crippen molar-refractivity contribution < 1.29 is 9.53 Å².